The maximum Gasteiger partial charge on any atom is 0.00226 e. The number of likely N-dealkylation sites (tertiary alicyclic amines) is 2. The number of fused-ring (bicyclic) bond motifs is 1. The summed E-state index contributed by atoms with van der Waals surface area (Å²) in [5.41, 5.74) is 0. The Bertz CT molecular complexity index is 112. The molecule has 0 saturated carbocycles. The van der Waals surface area contributed by atoms with E-state index in [2.05, 4.69) is 23.9 Å². The van der Waals surface area contributed by atoms with Crippen molar-refractivity contribution in [1.82, 2.24) is 9.80 Å². The van der Waals surface area contributed by atoms with Gasteiger partial charge in [-0.15, -0.1) is 0 Å². The van der Waals surface area contributed by atoms with E-state index in [1.807, 2.05) is 0 Å². The molecule has 0 radical (unpaired) electrons. The smallest absolute Gasteiger partial charge is 0.00226 e. The summed E-state index contributed by atoms with van der Waals surface area (Å²) in [6.45, 7) is 5.31. The van der Waals surface area contributed by atoms with Gasteiger partial charge in [0.1, 0.15) is 0 Å². The monoisotopic (exact) mass is 142 g/mol. The Hall–Kier alpha value is -0.0800. The average molecular weight is 142 g/mol. The number of hydrogen-bond donors (Lipinski definition) is 0. The van der Waals surface area contributed by atoms with Gasteiger partial charge in [-0.1, -0.05) is 0 Å². The standard InChI is InChI=1S/C8H16N2.H2/c1-9-3-7-5-10(2)6-8(7)4-9;/h7-8H,3-6H2,1-2H3;1H. The molecule has 2 rings (SSSR count). The molecule has 0 aromatic heterocycles. The molecule has 0 atom stereocenters. The van der Waals surface area contributed by atoms with Crippen molar-refractivity contribution in [1.29, 1.82) is 0 Å². The SMILES string of the molecule is CN1CC2CN(C)CC2C1.[HH]. The number of hydrogen-bond acceptors (Lipinski definition) is 2. The molecule has 0 unspecified atom stereocenters. The molecule has 0 aliphatic carbocycles. The molecule has 0 amide bonds. The largest absolute Gasteiger partial charge is 0.306 e. The Morgan fingerprint density at radius 2 is 1.20 bits per heavy atom. The predicted octanol–water partition coefficient (Wildman–Crippen LogP) is 0.356. The van der Waals surface area contributed by atoms with Crippen LogP contribution in [-0.2, 0) is 0 Å². The van der Waals surface area contributed by atoms with Crippen LogP contribution in [0.4, 0.5) is 0 Å². The third-order valence-corrected chi connectivity index (χ3v) is 2.85. The van der Waals surface area contributed by atoms with Gasteiger partial charge in [-0.2, -0.15) is 0 Å². The lowest BCUT2D eigenvalue weighted by atomic mass is 10.0. The highest BCUT2D eigenvalue weighted by Crippen LogP contribution is 2.28. The van der Waals surface area contributed by atoms with Crippen molar-refractivity contribution in [2.45, 2.75) is 0 Å². The molecule has 2 saturated heterocycles. The van der Waals surface area contributed by atoms with Crippen LogP contribution in [-0.4, -0.2) is 50.1 Å². The van der Waals surface area contributed by atoms with E-state index >= 15 is 0 Å². The zero-order chi connectivity index (χ0) is 7.14. The van der Waals surface area contributed by atoms with Gasteiger partial charge in [-0.3, -0.25) is 0 Å². The van der Waals surface area contributed by atoms with Gasteiger partial charge in [0, 0.05) is 27.6 Å². The summed E-state index contributed by atoms with van der Waals surface area (Å²) in [6, 6.07) is 0. The summed E-state index contributed by atoms with van der Waals surface area (Å²) in [4.78, 5) is 4.92. The second-order valence-corrected chi connectivity index (χ2v) is 3.96. The molecule has 60 valence electrons. The lowest BCUT2D eigenvalue weighted by molar-refractivity contribution is 0.316. The lowest BCUT2D eigenvalue weighted by Gasteiger charge is -2.12. The molecule has 2 aliphatic rings. The van der Waals surface area contributed by atoms with Gasteiger partial charge >= 0.3 is 0 Å². The van der Waals surface area contributed by atoms with Gasteiger partial charge < -0.3 is 9.80 Å². The van der Waals surface area contributed by atoms with Crippen LogP contribution in [0.15, 0.2) is 0 Å². The average Bonchev–Trinajstić information content (AvgIpc) is 2.21. The van der Waals surface area contributed by atoms with E-state index in [9.17, 15) is 0 Å². The second kappa shape index (κ2) is 2.21. The minimum Gasteiger partial charge on any atom is -0.306 e. The van der Waals surface area contributed by atoms with Crippen molar-refractivity contribution in [3.05, 3.63) is 0 Å². The first-order valence-corrected chi connectivity index (χ1v) is 4.13. The highest BCUT2D eigenvalue weighted by atomic mass is 15.2. The number of rotatable bonds is 0. The van der Waals surface area contributed by atoms with E-state index in [4.69, 9.17) is 0 Å². The first-order chi connectivity index (χ1) is 4.75. The molecule has 0 aromatic rings. The molecule has 10 heavy (non-hydrogen) atoms. The van der Waals surface area contributed by atoms with Crippen LogP contribution in [0.1, 0.15) is 1.43 Å². The van der Waals surface area contributed by atoms with E-state index in [1.54, 1.807) is 0 Å². The Morgan fingerprint density at radius 3 is 1.50 bits per heavy atom. The maximum atomic E-state index is 2.46. The zero-order valence-corrected chi connectivity index (χ0v) is 6.88. The van der Waals surface area contributed by atoms with E-state index < -0.39 is 0 Å². The molecule has 0 spiro atoms. The van der Waals surface area contributed by atoms with Gasteiger partial charge in [0.15, 0.2) is 0 Å². The van der Waals surface area contributed by atoms with Crippen molar-refractivity contribution < 1.29 is 1.43 Å². The minimum absolute atomic E-state index is 0. The third kappa shape index (κ3) is 0.956. The van der Waals surface area contributed by atoms with Crippen molar-refractivity contribution in [3.8, 4) is 0 Å². The fourth-order valence-corrected chi connectivity index (χ4v) is 2.46. The van der Waals surface area contributed by atoms with Gasteiger partial charge in [0.2, 0.25) is 0 Å². The van der Waals surface area contributed by atoms with Crippen LogP contribution in [0.25, 0.3) is 0 Å². The Kier molecular flexibility index (Phi) is 1.46. The highest BCUT2D eigenvalue weighted by Gasteiger charge is 2.36. The van der Waals surface area contributed by atoms with Crippen LogP contribution < -0.4 is 0 Å². The normalized spacial score (nSPS) is 42.6. The fourth-order valence-electron chi connectivity index (χ4n) is 2.46. The summed E-state index contributed by atoms with van der Waals surface area (Å²) in [7, 11) is 4.47. The van der Waals surface area contributed by atoms with Crippen molar-refractivity contribution in [3.63, 3.8) is 0 Å². The summed E-state index contributed by atoms with van der Waals surface area (Å²) in [6.07, 6.45) is 0. The fraction of sp³-hybridized carbons (Fsp3) is 1.00. The lowest BCUT2D eigenvalue weighted by Crippen LogP contribution is -2.23. The number of nitrogens with zero attached hydrogens (tertiary/aromatic N) is 2. The van der Waals surface area contributed by atoms with E-state index in [0.29, 0.717) is 0 Å². The molecule has 2 heterocycles. The van der Waals surface area contributed by atoms with Crippen LogP contribution in [0, 0.1) is 11.8 Å². The van der Waals surface area contributed by atoms with Crippen LogP contribution in [0.5, 0.6) is 0 Å². The topological polar surface area (TPSA) is 6.48 Å². The summed E-state index contributed by atoms with van der Waals surface area (Å²) in [5, 5.41) is 0. The Morgan fingerprint density at radius 1 is 0.900 bits per heavy atom. The molecule has 0 aromatic carbocycles. The van der Waals surface area contributed by atoms with Gasteiger partial charge in [-0.05, 0) is 25.9 Å². The minimum atomic E-state index is 0. The Labute approximate surface area is 64.3 Å². The molecule has 0 N–H and O–H groups in total. The first kappa shape index (κ1) is 6.62. The van der Waals surface area contributed by atoms with E-state index in [-0.39, 0.29) is 1.43 Å². The molecule has 2 fully saturated rings. The highest BCUT2D eigenvalue weighted by molar-refractivity contribution is 4.90. The summed E-state index contributed by atoms with van der Waals surface area (Å²) in [5.74, 6) is 1.96. The molecule has 2 heteroatoms. The molecule has 2 aliphatic heterocycles. The van der Waals surface area contributed by atoms with Crippen LogP contribution in [0.2, 0.25) is 0 Å². The summed E-state index contributed by atoms with van der Waals surface area (Å²) < 4.78 is 0. The third-order valence-electron chi connectivity index (χ3n) is 2.85. The van der Waals surface area contributed by atoms with Crippen molar-refractivity contribution in [2.75, 3.05) is 40.3 Å². The van der Waals surface area contributed by atoms with Crippen LogP contribution >= 0.6 is 0 Å². The molecule has 2 nitrogen and oxygen atoms in total. The quantitative estimate of drug-likeness (QED) is 0.482. The summed E-state index contributed by atoms with van der Waals surface area (Å²) >= 11 is 0. The van der Waals surface area contributed by atoms with Crippen molar-refractivity contribution >= 4 is 0 Å². The zero-order valence-electron chi connectivity index (χ0n) is 6.88. The first-order valence-electron chi connectivity index (χ1n) is 4.13. The van der Waals surface area contributed by atoms with Gasteiger partial charge in [0.25, 0.3) is 0 Å². The van der Waals surface area contributed by atoms with Gasteiger partial charge in [0.05, 0.1) is 0 Å². The molecular formula is C8H18N2. The second-order valence-electron chi connectivity index (χ2n) is 3.96. The molecular weight excluding hydrogens is 124 g/mol. The van der Waals surface area contributed by atoms with Gasteiger partial charge in [-0.25, -0.2) is 0 Å². The molecule has 0 bridgehead atoms. The maximum absolute atomic E-state index is 2.46. The Balaban J connectivity index is 0.000000605. The van der Waals surface area contributed by atoms with E-state index in [1.165, 1.54) is 26.2 Å². The van der Waals surface area contributed by atoms with E-state index in [0.717, 1.165) is 11.8 Å². The van der Waals surface area contributed by atoms with Crippen LogP contribution in [0.3, 0.4) is 0 Å². The predicted molar refractivity (Wildman–Crippen MR) is 44.1 cm³/mol. The van der Waals surface area contributed by atoms with Crippen molar-refractivity contribution in [2.24, 2.45) is 11.8 Å².